The highest BCUT2D eigenvalue weighted by Gasteiger charge is 2.17. The van der Waals surface area contributed by atoms with Crippen molar-refractivity contribution in [3.05, 3.63) is 29.8 Å². The molecule has 0 unspecified atom stereocenters. The Bertz CT molecular complexity index is 402. The molecule has 1 saturated heterocycles. The van der Waals surface area contributed by atoms with Crippen molar-refractivity contribution >= 4 is 0 Å². The molecule has 2 rings (SSSR count). The van der Waals surface area contributed by atoms with Gasteiger partial charge in [0.2, 0.25) is 0 Å². The lowest BCUT2D eigenvalue weighted by atomic mass is 9.98. The Kier molecular flexibility index (Phi) is 5.86. The van der Waals surface area contributed by atoms with Crippen molar-refractivity contribution < 1.29 is 9.84 Å². The van der Waals surface area contributed by atoms with Crippen molar-refractivity contribution in [3.8, 4) is 5.75 Å². The summed E-state index contributed by atoms with van der Waals surface area (Å²) in [5.41, 5.74) is 1.24. The van der Waals surface area contributed by atoms with E-state index in [2.05, 4.69) is 30.9 Å². The summed E-state index contributed by atoms with van der Waals surface area (Å²) in [6.07, 6.45) is 3.20. The zero-order valence-corrected chi connectivity index (χ0v) is 12.7. The molecule has 1 heterocycles. The van der Waals surface area contributed by atoms with E-state index in [-0.39, 0.29) is 0 Å². The highest BCUT2D eigenvalue weighted by Crippen LogP contribution is 2.28. The molecule has 1 aliphatic rings. The van der Waals surface area contributed by atoms with Gasteiger partial charge in [-0.2, -0.15) is 0 Å². The molecule has 1 aliphatic heterocycles. The molecule has 3 heteroatoms. The first-order valence-corrected chi connectivity index (χ1v) is 7.82. The van der Waals surface area contributed by atoms with Crippen molar-refractivity contribution in [1.82, 2.24) is 4.90 Å². The average molecular weight is 277 g/mol. The fourth-order valence-corrected chi connectivity index (χ4v) is 2.74. The SMILES string of the molecule is CC[C@H](C)c1ccccc1OC[C@@H](O)CN1CCCC1. The molecule has 20 heavy (non-hydrogen) atoms. The maximum absolute atomic E-state index is 10.1. The number of benzene rings is 1. The van der Waals surface area contributed by atoms with Gasteiger partial charge in [-0.05, 0) is 49.9 Å². The lowest BCUT2D eigenvalue weighted by Crippen LogP contribution is -2.33. The van der Waals surface area contributed by atoms with Crippen molar-refractivity contribution in [2.75, 3.05) is 26.2 Å². The van der Waals surface area contributed by atoms with Crippen LogP contribution in [-0.4, -0.2) is 42.4 Å². The Labute approximate surface area is 122 Å². The third-order valence-corrected chi connectivity index (χ3v) is 4.16. The van der Waals surface area contributed by atoms with Gasteiger partial charge in [0, 0.05) is 6.54 Å². The minimum Gasteiger partial charge on any atom is -0.491 e. The Morgan fingerprint density at radius 2 is 1.95 bits per heavy atom. The first-order valence-electron chi connectivity index (χ1n) is 7.82. The topological polar surface area (TPSA) is 32.7 Å². The van der Waals surface area contributed by atoms with Gasteiger partial charge in [0.05, 0.1) is 0 Å². The van der Waals surface area contributed by atoms with Gasteiger partial charge in [-0.15, -0.1) is 0 Å². The summed E-state index contributed by atoms with van der Waals surface area (Å²) in [5.74, 6) is 1.41. The summed E-state index contributed by atoms with van der Waals surface area (Å²) in [5, 5.41) is 10.1. The zero-order valence-electron chi connectivity index (χ0n) is 12.7. The van der Waals surface area contributed by atoms with E-state index in [0.29, 0.717) is 12.5 Å². The quantitative estimate of drug-likeness (QED) is 0.831. The van der Waals surface area contributed by atoms with E-state index < -0.39 is 6.10 Å². The van der Waals surface area contributed by atoms with Crippen LogP contribution >= 0.6 is 0 Å². The summed E-state index contributed by atoms with van der Waals surface area (Å²) >= 11 is 0. The molecule has 1 aromatic rings. The Morgan fingerprint density at radius 1 is 1.25 bits per heavy atom. The van der Waals surface area contributed by atoms with E-state index in [4.69, 9.17) is 4.74 Å². The zero-order chi connectivity index (χ0) is 14.4. The van der Waals surface area contributed by atoms with Crippen LogP contribution in [0.3, 0.4) is 0 Å². The number of likely N-dealkylation sites (tertiary alicyclic amines) is 1. The summed E-state index contributed by atoms with van der Waals surface area (Å²) in [6, 6.07) is 8.17. The Hall–Kier alpha value is -1.06. The fourth-order valence-electron chi connectivity index (χ4n) is 2.74. The third-order valence-electron chi connectivity index (χ3n) is 4.16. The van der Waals surface area contributed by atoms with Crippen molar-refractivity contribution in [1.29, 1.82) is 0 Å². The molecule has 0 spiro atoms. The lowest BCUT2D eigenvalue weighted by Gasteiger charge is -2.21. The van der Waals surface area contributed by atoms with E-state index in [9.17, 15) is 5.11 Å². The number of hydrogen-bond acceptors (Lipinski definition) is 3. The maximum atomic E-state index is 10.1. The van der Waals surface area contributed by atoms with E-state index >= 15 is 0 Å². The lowest BCUT2D eigenvalue weighted by molar-refractivity contribution is 0.0753. The standard InChI is InChI=1S/C17H27NO2/c1-3-14(2)16-8-4-5-9-17(16)20-13-15(19)12-18-10-6-7-11-18/h4-5,8-9,14-15,19H,3,6-7,10-13H2,1-2H3/t14-,15-/m0/s1. The van der Waals surface area contributed by atoms with Crippen LogP contribution in [0, 0.1) is 0 Å². The summed E-state index contributed by atoms with van der Waals surface area (Å²) < 4.78 is 5.86. The van der Waals surface area contributed by atoms with Crippen LogP contribution < -0.4 is 4.74 Å². The molecule has 1 aromatic carbocycles. The highest BCUT2D eigenvalue weighted by atomic mass is 16.5. The van der Waals surface area contributed by atoms with Crippen LogP contribution in [0.1, 0.15) is 44.6 Å². The third kappa shape index (κ3) is 4.22. The molecule has 112 valence electrons. The Morgan fingerprint density at radius 3 is 2.65 bits per heavy atom. The van der Waals surface area contributed by atoms with Crippen LogP contribution in [0.15, 0.2) is 24.3 Å². The molecular weight excluding hydrogens is 250 g/mol. The first kappa shape index (κ1) is 15.3. The molecule has 0 amide bonds. The average Bonchev–Trinajstić information content (AvgIpc) is 2.97. The molecule has 2 atom stereocenters. The van der Waals surface area contributed by atoms with Crippen LogP contribution in [0.5, 0.6) is 5.75 Å². The predicted molar refractivity (Wildman–Crippen MR) is 82.3 cm³/mol. The number of ether oxygens (including phenoxy) is 1. The second-order valence-corrected chi connectivity index (χ2v) is 5.82. The van der Waals surface area contributed by atoms with Gasteiger partial charge < -0.3 is 14.7 Å². The van der Waals surface area contributed by atoms with E-state index in [1.807, 2.05) is 12.1 Å². The van der Waals surface area contributed by atoms with Gasteiger partial charge >= 0.3 is 0 Å². The molecule has 0 aliphatic carbocycles. The van der Waals surface area contributed by atoms with Crippen molar-refractivity contribution in [2.24, 2.45) is 0 Å². The number of aliphatic hydroxyl groups is 1. The smallest absolute Gasteiger partial charge is 0.122 e. The van der Waals surface area contributed by atoms with Crippen LogP contribution in [-0.2, 0) is 0 Å². The van der Waals surface area contributed by atoms with Crippen molar-refractivity contribution in [2.45, 2.75) is 45.1 Å². The van der Waals surface area contributed by atoms with Crippen molar-refractivity contribution in [3.63, 3.8) is 0 Å². The number of rotatable bonds is 7. The van der Waals surface area contributed by atoms with Gasteiger partial charge in [-0.1, -0.05) is 32.0 Å². The second kappa shape index (κ2) is 7.65. The molecule has 0 radical (unpaired) electrons. The highest BCUT2D eigenvalue weighted by molar-refractivity contribution is 5.35. The van der Waals surface area contributed by atoms with Gasteiger partial charge in [0.15, 0.2) is 0 Å². The number of aliphatic hydroxyl groups excluding tert-OH is 1. The minimum absolute atomic E-state index is 0.379. The number of β-amino-alcohol motifs (C(OH)–C–C–N with tert-alkyl or cyclic N) is 1. The summed E-state index contributed by atoms with van der Waals surface area (Å²) in [7, 11) is 0. The molecule has 1 N–H and O–H groups in total. The van der Waals surface area contributed by atoms with Crippen LogP contribution in [0.2, 0.25) is 0 Å². The van der Waals surface area contributed by atoms with Gasteiger partial charge in [0.1, 0.15) is 18.5 Å². The van der Waals surface area contributed by atoms with E-state index in [1.165, 1.54) is 18.4 Å². The van der Waals surface area contributed by atoms with Gasteiger partial charge in [0.25, 0.3) is 0 Å². The maximum Gasteiger partial charge on any atom is 0.122 e. The number of hydrogen-bond donors (Lipinski definition) is 1. The van der Waals surface area contributed by atoms with E-state index in [0.717, 1.165) is 31.8 Å². The molecular formula is C17H27NO2. The number of para-hydroxylation sites is 1. The predicted octanol–water partition coefficient (Wildman–Crippen LogP) is 3.04. The Balaban J connectivity index is 1.86. The summed E-state index contributed by atoms with van der Waals surface area (Å²) in [4.78, 5) is 2.31. The van der Waals surface area contributed by atoms with Crippen LogP contribution in [0.4, 0.5) is 0 Å². The molecule has 0 aromatic heterocycles. The fraction of sp³-hybridized carbons (Fsp3) is 0.647. The monoisotopic (exact) mass is 277 g/mol. The summed E-state index contributed by atoms with van der Waals surface area (Å²) in [6.45, 7) is 7.73. The molecule has 0 bridgehead atoms. The number of nitrogens with zero attached hydrogens (tertiary/aromatic N) is 1. The largest absolute Gasteiger partial charge is 0.491 e. The van der Waals surface area contributed by atoms with Gasteiger partial charge in [-0.3, -0.25) is 0 Å². The first-order chi connectivity index (χ1) is 9.70. The minimum atomic E-state index is -0.405. The van der Waals surface area contributed by atoms with Gasteiger partial charge in [-0.25, -0.2) is 0 Å². The van der Waals surface area contributed by atoms with E-state index in [1.54, 1.807) is 0 Å². The van der Waals surface area contributed by atoms with Crippen LogP contribution in [0.25, 0.3) is 0 Å². The molecule has 3 nitrogen and oxygen atoms in total. The second-order valence-electron chi connectivity index (χ2n) is 5.82. The molecule has 0 saturated carbocycles. The normalized spacial score (nSPS) is 18.9. The molecule has 1 fully saturated rings.